The van der Waals surface area contributed by atoms with Crippen LogP contribution in [0.2, 0.25) is 0 Å². The third-order valence-electron chi connectivity index (χ3n) is 2.92. The van der Waals surface area contributed by atoms with Gasteiger partial charge in [0.25, 0.3) is 0 Å². The highest BCUT2D eigenvalue weighted by molar-refractivity contribution is 9.10. The largest absolute Gasteiger partial charge is 0.389 e. The Balaban J connectivity index is 2.97. The number of primary amides is 1. The third-order valence-corrected chi connectivity index (χ3v) is 3.56. The summed E-state index contributed by atoms with van der Waals surface area (Å²) in [4.78, 5) is 13.1. The maximum Gasteiger partial charge on any atom is 0.236 e. The number of nitrogens with two attached hydrogens (primary N) is 1. The van der Waals surface area contributed by atoms with E-state index in [0.717, 1.165) is 35.1 Å². The zero-order valence-corrected chi connectivity index (χ0v) is 13.0. The summed E-state index contributed by atoms with van der Waals surface area (Å²) in [6, 6.07) is 5.65. The second-order valence-corrected chi connectivity index (χ2v) is 5.48. The molecule has 4 nitrogen and oxygen atoms in total. The fraction of sp³-hybridized carbons (Fsp3) is 0.500. The van der Waals surface area contributed by atoms with E-state index in [1.165, 1.54) is 0 Å². The van der Waals surface area contributed by atoms with Gasteiger partial charge in [-0.25, -0.2) is 0 Å². The van der Waals surface area contributed by atoms with E-state index in [-0.39, 0.29) is 12.5 Å². The smallest absolute Gasteiger partial charge is 0.236 e. The minimum absolute atomic E-state index is 0.201. The van der Waals surface area contributed by atoms with Crippen molar-refractivity contribution in [3.8, 4) is 0 Å². The van der Waals surface area contributed by atoms with Crippen molar-refractivity contribution in [3.63, 3.8) is 0 Å². The summed E-state index contributed by atoms with van der Waals surface area (Å²) in [6.45, 7) is 4.81. The van der Waals surface area contributed by atoms with Crippen molar-refractivity contribution in [2.45, 2.75) is 32.8 Å². The van der Waals surface area contributed by atoms with Gasteiger partial charge in [-0.05, 0) is 47.0 Å². The lowest BCUT2D eigenvalue weighted by Gasteiger charge is -2.25. The van der Waals surface area contributed by atoms with E-state index >= 15 is 0 Å². The average molecular weight is 329 g/mol. The molecular weight excluding hydrogens is 308 g/mol. The molecule has 1 amide bonds. The molecule has 1 rings (SSSR count). The van der Waals surface area contributed by atoms with E-state index in [1.807, 2.05) is 23.1 Å². The molecule has 19 heavy (non-hydrogen) atoms. The highest BCUT2D eigenvalue weighted by Gasteiger charge is 2.13. The molecule has 106 valence electrons. The van der Waals surface area contributed by atoms with Crippen LogP contribution in [-0.4, -0.2) is 24.1 Å². The first-order valence-electron chi connectivity index (χ1n) is 6.46. The number of aliphatic hydroxyl groups excluding tert-OH is 1. The number of carbonyl (C=O) groups excluding carboxylic acids is 1. The van der Waals surface area contributed by atoms with Crippen LogP contribution in [0.15, 0.2) is 22.7 Å². The molecule has 0 bridgehead atoms. The van der Waals surface area contributed by atoms with Gasteiger partial charge >= 0.3 is 0 Å². The number of unbranched alkanes of at least 4 members (excludes halogenated alkanes) is 1. The highest BCUT2D eigenvalue weighted by atomic mass is 79.9. The molecule has 0 unspecified atom stereocenters. The third kappa shape index (κ3) is 4.84. The van der Waals surface area contributed by atoms with Gasteiger partial charge < -0.3 is 15.7 Å². The average Bonchev–Trinajstić information content (AvgIpc) is 2.34. The summed E-state index contributed by atoms with van der Waals surface area (Å²) in [6.07, 6.45) is 1.54. The van der Waals surface area contributed by atoms with Crippen LogP contribution >= 0.6 is 15.9 Å². The molecule has 3 N–H and O–H groups in total. The normalized spacial score (nSPS) is 12.2. The van der Waals surface area contributed by atoms with Gasteiger partial charge in [-0.15, -0.1) is 0 Å². The van der Waals surface area contributed by atoms with E-state index in [2.05, 4.69) is 22.9 Å². The van der Waals surface area contributed by atoms with Crippen LogP contribution in [0.25, 0.3) is 0 Å². The SMILES string of the molecule is CCCCN(CC(N)=O)c1ccc([C@@H](C)O)cc1Br. The lowest BCUT2D eigenvalue weighted by Crippen LogP contribution is -2.34. The molecule has 0 aliphatic rings. The van der Waals surface area contributed by atoms with E-state index in [4.69, 9.17) is 5.73 Å². The molecule has 0 heterocycles. The van der Waals surface area contributed by atoms with E-state index < -0.39 is 6.10 Å². The Kier molecular flexibility index (Phi) is 6.31. The number of halogens is 1. The van der Waals surface area contributed by atoms with Crippen LogP contribution in [0, 0.1) is 0 Å². The van der Waals surface area contributed by atoms with E-state index in [0.29, 0.717) is 0 Å². The number of nitrogens with zero attached hydrogens (tertiary/aromatic N) is 1. The number of hydrogen-bond donors (Lipinski definition) is 2. The van der Waals surface area contributed by atoms with Crippen molar-refractivity contribution in [2.75, 3.05) is 18.0 Å². The summed E-state index contributed by atoms with van der Waals surface area (Å²) in [7, 11) is 0. The molecule has 0 aliphatic carbocycles. The maximum atomic E-state index is 11.2. The Labute approximate surface area is 122 Å². The Morgan fingerprint density at radius 1 is 1.53 bits per heavy atom. The number of carbonyl (C=O) groups is 1. The summed E-state index contributed by atoms with van der Waals surface area (Å²) >= 11 is 3.49. The number of rotatable bonds is 7. The summed E-state index contributed by atoms with van der Waals surface area (Å²) in [5.41, 5.74) is 7.06. The predicted octanol–water partition coefficient (Wildman–Crippen LogP) is 2.59. The van der Waals surface area contributed by atoms with Crippen molar-refractivity contribution in [1.82, 2.24) is 0 Å². The molecular formula is C14H21BrN2O2. The van der Waals surface area contributed by atoms with Crippen LogP contribution in [0.4, 0.5) is 5.69 Å². The molecule has 0 aromatic heterocycles. The topological polar surface area (TPSA) is 66.6 Å². The van der Waals surface area contributed by atoms with Crippen molar-refractivity contribution in [2.24, 2.45) is 5.73 Å². The first-order chi connectivity index (χ1) is 8.95. The van der Waals surface area contributed by atoms with Gasteiger partial charge in [-0.2, -0.15) is 0 Å². The summed E-state index contributed by atoms with van der Waals surface area (Å²) in [5, 5.41) is 9.56. The van der Waals surface area contributed by atoms with Gasteiger partial charge in [0.2, 0.25) is 5.91 Å². The molecule has 0 saturated heterocycles. The van der Waals surface area contributed by atoms with Crippen LogP contribution in [0.3, 0.4) is 0 Å². The lowest BCUT2D eigenvalue weighted by molar-refractivity contribution is -0.116. The predicted molar refractivity (Wildman–Crippen MR) is 81.1 cm³/mol. The molecule has 5 heteroatoms. The Hall–Kier alpha value is -1.07. The quantitative estimate of drug-likeness (QED) is 0.808. The number of aliphatic hydroxyl groups is 1. The molecule has 1 aromatic rings. The number of hydrogen-bond acceptors (Lipinski definition) is 3. The van der Waals surface area contributed by atoms with Gasteiger partial charge in [0.15, 0.2) is 0 Å². The fourth-order valence-electron chi connectivity index (χ4n) is 1.86. The zero-order valence-electron chi connectivity index (χ0n) is 11.4. The van der Waals surface area contributed by atoms with Crippen LogP contribution in [0.1, 0.15) is 38.4 Å². The second kappa shape index (κ2) is 7.50. The highest BCUT2D eigenvalue weighted by Crippen LogP contribution is 2.29. The molecule has 1 atom stereocenters. The number of benzene rings is 1. The van der Waals surface area contributed by atoms with Crippen molar-refractivity contribution in [1.29, 1.82) is 0 Å². The van der Waals surface area contributed by atoms with Crippen molar-refractivity contribution in [3.05, 3.63) is 28.2 Å². The Morgan fingerprint density at radius 3 is 2.68 bits per heavy atom. The first-order valence-corrected chi connectivity index (χ1v) is 7.25. The van der Waals surface area contributed by atoms with Gasteiger partial charge in [0.1, 0.15) is 0 Å². The number of amides is 1. The van der Waals surface area contributed by atoms with Gasteiger partial charge in [0, 0.05) is 11.0 Å². The minimum atomic E-state index is -0.509. The molecule has 0 aliphatic heterocycles. The number of anilines is 1. The van der Waals surface area contributed by atoms with Gasteiger partial charge in [-0.3, -0.25) is 4.79 Å². The van der Waals surface area contributed by atoms with Crippen molar-refractivity contribution >= 4 is 27.5 Å². The first kappa shape index (κ1) is 16.0. The molecule has 0 spiro atoms. The van der Waals surface area contributed by atoms with E-state index in [1.54, 1.807) is 6.92 Å². The monoisotopic (exact) mass is 328 g/mol. The van der Waals surface area contributed by atoms with Gasteiger partial charge in [-0.1, -0.05) is 19.4 Å². The summed E-state index contributed by atoms with van der Waals surface area (Å²) in [5.74, 6) is -0.345. The Bertz CT molecular complexity index is 435. The molecule has 0 fully saturated rings. The molecule has 0 radical (unpaired) electrons. The lowest BCUT2D eigenvalue weighted by atomic mass is 10.1. The second-order valence-electron chi connectivity index (χ2n) is 4.63. The minimum Gasteiger partial charge on any atom is -0.389 e. The Morgan fingerprint density at radius 2 is 2.21 bits per heavy atom. The maximum absolute atomic E-state index is 11.2. The van der Waals surface area contributed by atoms with E-state index in [9.17, 15) is 9.90 Å². The van der Waals surface area contributed by atoms with Crippen LogP contribution in [-0.2, 0) is 4.79 Å². The molecule has 0 saturated carbocycles. The zero-order chi connectivity index (χ0) is 14.4. The summed E-state index contributed by atoms with van der Waals surface area (Å²) < 4.78 is 0.864. The standard InChI is InChI=1S/C14H21BrN2O2/c1-3-4-7-17(9-14(16)19)13-6-5-11(10(2)18)8-12(13)15/h5-6,8,10,18H,3-4,7,9H2,1-2H3,(H2,16,19)/t10-/m1/s1. The van der Waals surface area contributed by atoms with Gasteiger partial charge in [0.05, 0.1) is 18.3 Å². The molecule has 1 aromatic carbocycles. The van der Waals surface area contributed by atoms with Crippen LogP contribution < -0.4 is 10.6 Å². The van der Waals surface area contributed by atoms with Crippen molar-refractivity contribution < 1.29 is 9.90 Å². The fourth-order valence-corrected chi connectivity index (χ4v) is 2.51. The van der Waals surface area contributed by atoms with Crippen LogP contribution in [0.5, 0.6) is 0 Å².